The van der Waals surface area contributed by atoms with Gasteiger partial charge in [-0.3, -0.25) is 4.68 Å². The van der Waals surface area contributed by atoms with Crippen LogP contribution in [-0.2, 0) is 13.1 Å². The first-order chi connectivity index (χ1) is 11.6. The van der Waals surface area contributed by atoms with Gasteiger partial charge >= 0.3 is 0 Å². The van der Waals surface area contributed by atoms with Gasteiger partial charge in [-0.2, -0.15) is 5.10 Å². The minimum atomic E-state index is 0.0698. The Kier molecular flexibility index (Phi) is 5.18. The number of aliphatic hydroxyl groups is 1. The molecule has 0 bridgehead atoms. The number of imidazole rings is 1. The number of hydrogen-bond acceptors (Lipinski definition) is 4. The van der Waals surface area contributed by atoms with E-state index in [1.165, 1.54) is 0 Å². The van der Waals surface area contributed by atoms with Gasteiger partial charge in [-0.25, -0.2) is 4.98 Å². The molecule has 7 heteroatoms. The molecule has 0 aliphatic rings. The Morgan fingerprint density at radius 2 is 2.17 bits per heavy atom. The fourth-order valence-electron chi connectivity index (χ4n) is 2.81. The number of rotatable bonds is 7. The van der Waals surface area contributed by atoms with Crippen molar-refractivity contribution in [1.29, 1.82) is 0 Å². The summed E-state index contributed by atoms with van der Waals surface area (Å²) in [5.74, 6) is 0.890. The molecule has 3 aromatic rings. The minimum absolute atomic E-state index is 0.0698. The summed E-state index contributed by atoms with van der Waals surface area (Å²) in [4.78, 5) is 4.67. The quantitative estimate of drug-likeness (QED) is 0.689. The number of hydrogen-bond donors (Lipinski definition) is 2. The number of benzene rings is 1. The highest BCUT2D eigenvalue weighted by Crippen LogP contribution is 2.21. The van der Waals surface area contributed by atoms with E-state index in [-0.39, 0.29) is 18.7 Å². The van der Waals surface area contributed by atoms with Crippen LogP contribution in [0.15, 0.2) is 36.7 Å². The average Bonchev–Trinajstić information content (AvgIpc) is 3.20. The molecule has 2 heterocycles. The van der Waals surface area contributed by atoms with Gasteiger partial charge in [-0.05, 0) is 38.1 Å². The molecule has 0 saturated carbocycles. The number of fused-ring (bicyclic) bond motifs is 1. The summed E-state index contributed by atoms with van der Waals surface area (Å²) >= 11 is 6.06. The number of aromatic nitrogens is 4. The Morgan fingerprint density at radius 3 is 2.88 bits per heavy atom. The van der Waals surface area contributed by atoms with Crippen molar-refractivity contribution in [2.75, 3.05) is 6.61 Å². The molecule has 0 aliphatic carbocycles. The second-order valence-corrected chi connectivity index (χ2v) is 6.37. The van der Waals surface area contributed by atoms with Gasteiger partial charge in [0.05, 0.1) is 30.2 Å². The SMILES string of the molecule is C[C@H]([C@@H](C)NCc1nc2cc(Cl)ccc2n1CCO)n1cccn1. The molecule has 0 unspecified atom stereocenters. The van der Waals surface area contributed by atoms with E-state index in [0.29, 0.717) is 18.1 Å². The van der Waals surface area contributed by atoms with Crippen LogP contribution >= 0.6 is 11.6 Å². The van der Waals surface area contributed by atoms with Crippen LogP contribution in [0.25, 0.3) is 11.0 Å². The van der Waals surface area contributed by atoms with E-state index >= 15 is 0 Å². The zero-order valence-corrected chi connectivity index (χ0v) is 14.6. The van der Waals surface area contributed by atoms with Gasteiger partial charge in [0.25, 0.3) is 0 Å². The van der Waals surface area contributed by atoms with Crippen LogP contribution in [0.2, 0.25) is 5.02 Å². The van der Waals surface area contributed by atoms with Gasteiger partial charge in [0.2, 0.25) is 0 Å². The Hall–Kier alpha value is -1.89. The minimum Gasteiger partial charge on any atom is -0.395 e. The molecule has 2 aromatic heterocycles. The predicted molar refractivity (Wildman–Crippen MR) is 95.1 cm³/mol. The van der Waals surface area contributed by atoms with Crippen molar-refractivity contribution in [3.8, 4) is 0 Å². The van der Waals surface area contributed by atoms with Crippen molar-refractivity contribution in [3.05, 3.63) is 47.5 Å². The molecular weight excluding hydrogens is 326 g/mol. The van der Waals surface area contributed by atoms with E-state index in [9.17, 15) is 5.11 Å². The van der Waals surface area contributed by atoms with Crippen LogP contribution in [-0.4, -0.2) is 37.1 Å². The van der Waals surface area contributed by atoms with Crippen molar-refractivity contribution in [3.63, 3.8) is 0 Å². The van der Waals surface area contributed by atoms with Crippen LogP contribution in [0.3, 0.4) is 0 Å². The molecule has 0 amide bonds. The third-order valence-corrected chi connectivity index (χ3v) is 4.60. The third kappa shape index (κ3) is 3.45. The number of halogens is 1. The summed E-state index contributed by atoms with van der Waals surface area (Å²) in [7, 11) is 0. The summed E-state index contributed by atoms with van der Waals surface area (Å²) in [5.41, 5.74) is 1.83. The maximum atomic E-state index is 9.36. The fraction of sp³-hybridized carbons (Fsp3) is 0.412. The van der Waals surface area contributed by atoms with Crippen molar-refractivity contribution in [1.82, 2.24) is 24.6 Å². The van der Waals surface area contributed by atoms with Crippen molar-refractivity contribution in [2.24, 2.45) is 0 Å². The Labute approximate surface area is 146 Å². The zero-order valence-electron chi connectivity index (χ0n) is 13.9. The maximum absolute atomic E-state index is 9.36. The second-order valence-electron chi connectivity index (χ2n) is 5.93. The lowest BCUT2D eigenvalue weighted by Gasteiger charge is -2.22. The van der Waals surface area contributed by atoms with Gasteiger partial charge < -0.3 is 15.0 Å². The van der Waals surface area contributed by atoms with E-state index in [0.717, 1.165) is 16.9 Å². The van der Waals surface area contributed by atoms with Gasteiger partial charge in [0.1, 0.15) is 5.82 Å². The standard InChI is InChI=1S/C17H22ClN5O/c1-12(13(2)23-7-3-6-20-23)19-11-17-21-15-10-14(18)4-5-16(15)22(17)8-9-24/h3-7,10,12-13,19,24H,8-9,11H2,1-2H3/t12-,13-/m1/s1. The maximum Gasteiger partial charge on any atom is 0.123 e. The van der Waals surface area contributed by atoms with Gasteiger partial charge in [0.15, 0.2) is 0 Å². The Morgan fingerprint density at radius 1 is 1.33 bits per heavy atom. The number of aliphatic hydroxyl groups excluding tert-OH is 1. The lowest BCUT2D eigenvalue weighted by atomic mass is 10.2. The van der Waals surface area contributed by atoms with Crippen LogP contribution < -0.4 is 5.32 Å². The number of nitrogens with zero attached hydrogens (tertiary/aromatic N) is 4. The van der Waals surface area contributed by atoms with Crippen LogP contribution in [0.4, 0.5) is 0 Å². The molecule has 0 fully saturated rings. The van der Waals surface area contributed by atoms with E-state index in [4.69, 9.17) is 11.6 Å². The molecule has 1 aromatic carbocycles. The number of nitrogens with one attached hydrogen (secondary N) is 1. The molecule has 0 saturated heterocycles. The van der Waals surface area contributed by atoms with Crippen molar-refractivity contribution in [2.45, 2.75) is 39.0 Å². The molecule has 2 atom stereocenters. The Bertz CT molecular complexity index is 799. The van der Waals surface area contributed by atoms with Crippen LogP contribution in [0.1, 0.15) is 25.7 Å². The summed E-state index contributed by atoms with van der Waals surface area (Å²) in [6.07, 6.45) is 3.75. The topological polar surface area (TPSA) is 67.9 Å². The monoisotopic (exact) mass is 347 g/mol. The molecule has 24 heavy (non-hydrogen) atoms. The lowest BCUT2D eigenvalue weighted by Crippen LogP contribution is -2.34. The highest BCUT2D eigenvalue weighted by Gasteiger charge is 2.16. The molecular formula is C17H22ClN5O. The summed E-state index contributed by atoms with van der Waals surface area (Å²) in [6, 6.07) is 8.01. The second kappa shape index (κ2) is 7.34. The van der Waals surface area contributed by atoms with E-state index < -0.39 is 0 Å². The van der Waals surface area contributed by atoms with Crippen LogP contribution in [0.5, 0.6) is 0 Å². The molecule has 6 nitrogen and oxygen atoms in total. The molecule has 0 radical (unpaired) electrons. The lowest BCUT2D eigenvalue weighted by molar-refractivity contribution is 0.274. The Balaban J connectivity index is 1.77. The fourth-order valence-corrected chi connectivity index (χ4v) is 2.98. The smallest absolute Gasteiger partial charge is 0.123 e. The highest BCUT2D eigenvalue weighted by molar-refractivity contribution is 6.31. The highest BCUT2D eigenvalue weighted by atomic mass is 35.5. The summed E-state index contributed by atoms with van der Waals surface area (Å²) < 4.78 is 3.97. The molecule has 3 rings (SSSR count). The van der Waals surface area contributed by atoms with Crippen molar-refractivity contribution < 1.29 is 5.11 Å². The van der Waals surface area contributed by atoms with Gasteiger partial charge in [-0.1, -0.05) is 11.6 Å². The first kappa shape index (κ1) is 17.0. The van der Waals surface area contributed by atoms with E-state index in [2.05, 4.69) is 29.2 Å². The summed E-state index contributed by atoms with van der Waals surface area (Å²) in [6.45, 7) is 5.45. The first-order valence-electron chi connectivity index (χ1n) is 8.08. The normalized spacial score (nSPS) is 14.2. The molecule has 128 valence electrons. The molecule has 2 N–H and O–H groups in total. The van der Waals surface area contributed by atoms with Gasteiger partial charge in [0, 0.05) is 30.0 Å². The summed E-state index contributed by atoms with van der Waals surface area (Å²) in [5, 5.41) is 17.8. The largest absolute Gasteiger partial charge is 0.395 e. The average molecular weight is 348 g/mol. The predicted octanol–water partition coefficient (Wildman–Crippen LogP) is 2.62. The van der Waals surface area contributed by atoms with Crippen LogP contribution in [0, 0.1) is 0 Å². The first-order valence-corrected chi connectivity index (χ1v) is 8.46. The molecule has 0 spiro atoms. The molecule has 0 aliphatic heterocycles. The zero-order chi connectivity index (χ0) is 17.1. The third-order valence-electron chi connectivity index (χ3n) is 4.36. The van der Waals surface area contributed by atoms with E-state index in [1.807, 2.05) is 39.7 Å². The van der Waals surface area contributed by atoms with E-state index in [1.54, 1.807) is 6.20 Å². The van der Waals surface area contributed by atoms with Gasteiger partial charge in [-0.15, -0.1) is 0 Å². The van der Waals surface area contributed by atoms with Crippen molar-refractivity contribution >= 4 is 22.6 Å².